The van der Waals surface area contributed by atoms with E-state index in [0.29, 0.717) is 11.3 Å². The lowest BCUT2D eigenvalue weighted by Gasteiger charge is -2.08. The SMILES string of the molecule is O=C1c2ccc(F)cc2C(=O)N1c1nc(-c2ccc(F)cc2)cs1. The van der Waals surface area contributed by atoms with E-state index in [9.17, 15) is 18.4 Å². The third-order valence-corrected chi connectivity index (χ3v) is 4.50. The standard InChI is InChI=1S/C17H8F2N2O2S/c18-10-3-1-9(2-4-10)14-8-24-17(20-14)21-15(22)12-6-5-11(19)7-13(12)16(21)23/h1-8H. The third kappa shape index (κ3) is 2.21. The van der Waals surface area contributed by atoms with Gasteiger partial charge in [-0.15, -0.1) is 11.3 Å². The van der Waals surface area contributed by atoms with Crippen molar-refractivity contribution >= 4 is 28.3 Å². The lowest BCUT2D eigenvalue weighted by Crippen LogP contribution is -2.29. The Morgan fingerprint density at radius 1 is 0.875 bits per heavy atom. The van der Waals surface area contributed by atoms with E-state index in [2.05, 4.69) is 4.98 Å². The van der Waals surface area contributed by atoms with Gasteiger partial charge >= 0.3 is 0 Å². The summed E-state index contributed by atoms with van der Waals surface area (Å²) >= 11 is 1.11. The van der Waals surface area contributed by atoms with E-state index in [1.807, 2.05) is 0 Å². The molecular weight excluding hydrogens is 334 g/mol. The van der Waals surface area contributed by atoms with Crippen LogP contribution in [0.2, 0.25) is 0 Å². The Morgan fingerprint density at radius 2 is 1.54 bits per heavy atom. The Bertz CT molecular complexity index is 983. The highest BCUT2D eigenvalue weighted by atomic mass is 32.1. The molecule has 4 nitrogen and oxygen atoms in total. The number of hydrogen-bond acceptors (Lipinski definition) is 4. The van der Waals surface area contributed by atoms with Crippen LogP contribution in [0.3, 0.4) is 0 Å². The molecule has 0 saturated heterocycles. The van der Waals surface area contributed by atoms with E-state index >= 15 is 0 Å². The maximum atomic E-state index is 13.3. The van der Waals surface area contributed by atoms with Gasteiger partial charge in [0.05, 0.1) is 16.8 Å². The summed E-state index contributed by atoms with van der Waals surface area (Å²) in [6, 6.07) is 9.21. The van der Waals surface area contributed by atoms with E-state index < -0.39 is 17.6 Å². The van der Waals surface area contributed by atoms with E-state index in [0.717, 1.165) is 28.4 Å². The molecule has 1 aliphatic rings. The smallest absolute Gasteiger partial charge is 0.268 e. The predicted molar refractivity (Wildman–Crippen MR) is 85.0 cm³/mol. The molecule has 7 heteroatoms. The van der Waals surface area contributed by atoms with Gasteiger partial charge in [0.15, 0.2) is 5.13 Å². The van der Waals surface area contributed by atoms with E-state index in [1.165, 1.54) is 18.2 Å². The summed E-state index contributed by atoms with van der Waals surface area (Å²) in [7, 11) is 0. The molecule has 4 rings (SSSR count). The fraction of sp³-hybridized carbons (Fsp3) is 0. The molecule has 3 aromatic rings. The fourth-order valence-corrected chi connectivity index (χ4v) is 3.34. The van der Waals surface area contributed by atoms with Crippen molar-refractivity contribution in [3.63, 3.8) is 0 Å². The number of carbonyl (C=O) groups is 2. The first-order valence-corrected chi connectivity index (χ1v) is 7.82. The highest BCUT2D eigenvalue weighted by molar-refractivity contribution is 7.14. The second-order valence-corrected chi connectivity index (χ2v) is 5.99. The van der Waals surface area contributed by atoms with Crippen LogP contribution in [0.15, 0.2) is 47.8 Å². The average Bonchev–Trinajstić information content (AvgIpc) is 3.12. The quantitative estimate of drug-likeness (QED) is 0.664. The molecule has 1 aliphatic heterocycles. The van der Waals surface area contributed by atoms with Crippen molar-refractivity contribution in [3.8, 4) is 11.3 Å². The van der Waals surface area contributed by atoms with E-state index in [1.54, 1.807) is 17.5 Å². The second-order valence-electron chi connectivity index (χ2n) is 5.16. The summed E-state index contributed by atoms with van der Waals surface area (Å²) in [4.78, 5) is 30.0. The molecule has 0 spiro atoms. The average molecular weight is 342 g/mol. The Morgan fingerprint density at radius 3 is 2.29 bits per heavy atom. The molecule has 1 aromatic heterocycles. The van der Waals surface area contributed by atoms with Crippen LogP contribution in [0, 0.1) is 11.6 Å². The summed E-state index contributed by atoms with van der Waals surface area (Å²) in [5.74, 6) is -2.08. The molecule has 0 radical (unpaired) electrons. The molecule has 0 saturated carbocycles. The van der Waals surface area contributed by atoms with Gasteiger partial charge in [-0.3, -0.25) is 9.59 Å². The van der Waals surface area contributed by atoms with Crippen molar-refractivity contribution in [1.29, 1.82) is 0 Å². The zero-order valence-electron chi connectivity index (χ0n) is 12.0. The highest BCUT2D eigenvalue weighted by Crippen LogP contribution is 2.33. The first kappa shape index (κ1) is 14.6. The number of carbonyl (C=O) groups excluding carboxylic acids is 2. The van der Waals surface area contributed by atoms with Gasteiger partial charge in [-0.05, 0) is 42.5 Å². The van der Waals surface area contributed by atoms with Crippen molar-refractivity contribution in [2.75, 3.05) is 4.90 Å². The summed E-state index contributed by atoms with van der Waals surface area (Å²) in [6.07, 6.45) is 0. The topological polar surface area (TPSA) is 50.3 Å². The molecule has 0 unspecified atom stereocenters. The van der Waals surface area contributed by atoms with Gasteiger partial charge in [0.1, 0.15) is 11.6 Å². The molecular formula is C17H8F2N2O2S. The summed E-state index contributed by atoms with van der Waals surface area (Å²) in [5, 5.41) is 1.87. The van der Waals surface area contributed by atoms with Crippen LogP contribution < -0.4 is 4.90 Å². The van der Waals surface area contributed by atoms with Crippen LogP contribution in [0.5, 0.6) is 0 Å². The Kier molecular flexibility index (Phi) is 3.24. The number of nitrogens with zero attached hydrogens (tertiary/aromatic N) is 2. The fourth-order valence-electron chi connectivity index (χ4n) is 2.51. The highest BCUT2D eigenvalue weighted by Gasteiger charge is 2.38. The number of thiazole rings is 1. The number of rotatable bonds is 2. The van der Waals surface area contributed by atoms with Crippen LogP contribution in [0.1, 0.15) is 20.7 Å². The summed E-state index contributed by atoms with van der Waals surface area (Å²) < 4.78 is 26.3. The lowest BCUT2D eigenvalue weighted by atomic mass is 10.1. The van der Waals surface area contributed by atoms with Gasteiger partial charge in [-0.1, -0.05) is 0 Å². The van der Waals surface area contributed by atoms with E-state index in [-0.39, 0.29) is 22.1 Å². The lowest BCUT2D eigenvalue weighted by molar-refractivity contribution is 0.0926. The first-order chi connectivity index (χ1) is 11.5. The van der Waals surface area contributed by atoms with Crippen molar-refractivity contribution in [2.45, 2.75) is 0 Å². The van der Waals surface area contributed by atoms with Gasteiger partial charge in [0.25, 0.3) is 11.8 Å². The maximum absolute atomic E-state index is 13.3. The van der Waals surface area contributed by atoms with Crippen LogP contribution in [-0.4, -0.2) is 16.8 Å². The maximum Gasteiger partial charge on any atom is 0.268 e. The van der Waals surface area contributed by atoms with Crippen LogP contribution in [0.4, 0.5) is 13.9 Å². The Hall–Kier alpha value is -2.93. The number of aromatic nitrogens is 1. The minimum absolute atomic E-state index is 0.0264. The first-order valence-electron chi connectivity index (χ1n) is 6.94. The monoisotopic (exact) mass is 342 g/mol. The molecule has 24 heavy (non-hydrogen) atoms. The minimum Gasteiger partial charge on any atom is -0.268 e. The zero-order chi connectivity index (χ0) is 16.8. The van der Waals surface area contributed by atoms with Gasteiger partial charge in [-0.2, -0.15) is 0 Å². The third-order valence-electron chi connectivity index (χ3n) is 3.67. The molecule has 0 aliphatic carbocycles. The van der Waals surface area contributed by atoms with Crippen molar-refractivity contribution < 1.29 is 18.4 Å². The number of anilines is 1. The van der Waals surface area contributed by atoms with Crippen LogP contribution in [0.25, 0.3) is 11.3 Å². The molecule has 2 amide bonds. The molecule has 0 atom stereocenters. The molecule has 2 heterocycles. The van der Waals surface area contributed by atoms with Crippen molar-refractivity contribution in [2.24, 2.45) is 0 Å². The van der Waals surface area contributed by atoms with E-state index in [4.69, 9.17) is 0 Å². The number of benzene rings is 2. The van der Waals surface area contributed by atoms with Gasteiger partial charge in [-0.25, -0.2) is 18.7 Å². The Labute approximate surface area is 139 Å². The van der Waals surface area contributed by atoms with Gasteiger partial charge in [0, 0.05) is 10.9 Å². The minimum atomic E-state index is -0.602. The van der Waals surface area contributed by atoms with Gasteiger partial charge < -0.3 is 0 Å². The molecule has 118 valence electrons. The largest absolute Gasteiger partial charge is 0.268 e. The summed E-state index contributed by atoms with van der Waals surface area (Å²) in [6.45, 7) is 0. The van der Waals surface area contributed by atoms with Crippen molar-refractivity contribution in [3.05, 3.63) is 70.6 Å². The van der Waals surface area contributed by atoms with Crippen LogP contribution >= 0.6 is 11.3 Å². The second kappa shape index (κ2) is 5.31. The molecule has 0 fully saturated rings. The number of hydrogen-bond donors (Lipinski definition) is 0. The summed E-state index contributed by atoms with van der Waals surface area (Å²) in [5.41, 5.74) is 1.37. The predicted octanol–water partition coefficient (Wildman–Crippen LogP) is 3.89. The molecule has 0 bridgehead atoms. The number of halogens is 2. The molecule has 2 aromatic carbocycles. The zero-order valence-corrected chi connectivity index (χ0v) is 12.8. The number of imide groups is 1. The molecule has 0 N–H and O–H groups in total. The normalized spacial score (nSPS) is 13.5. The van der Waals surface area contributed by atoms with Crippen molar-refractivity contribution in [1.82, 2.24) is 4.98 Å². The number of amides is 2. The number of fused-ring (bicyclic) bond motifs is 1. The van der Waals surface area contributed by atoms with Crippen LogP contribution in [-0.2, 0) is 0 Å². The Balaban J connectivity index is 1.72. The van der Waals surface area contributed by atoms with Gasteiger partial charge in [0.2, 0.25) is 0 Å².